The van der Waals surface area contributed by atoms with Gasteiger partial charge in [-0.15, -0.1) is 0 Å². The van der Waals surface area contributed by atoms with Crippen molar-refractivity contribution in [1.29, 1.82) is 0 Å². The number of rotatable bonds is 2. The zero-order chi connectivity index (χ0) is 11.7. The Bertz CT molecular complexity index is 254. The van der Waals surface area contributed by atoms with Gasteiger partial charge in [-0.25, -0.2) is 0 Å². The van der Waals surface area contributed by atoms with Gasteiger partial charge in [-0.2, -0.15) is 0 Å². The van der Waals surface area contributed by atoms with Gasteiger partial charge in [-0.3, -0.25) is 0 Å². The van der Waals surface area contributed by atoms with E-state index in [1.165, 1.54) is 25.7 Å². The molecule has 0 bridgehead atoms. The lowest BCUT2D eigenvalue weighted by molar-refractivity contribution is -0.130. The predicted molar refractivity (Wildman–Crippen MR) is 64.9 cm³/mol. The number of hydrogen-bond donors (Lipinski definition) is 1. The van der Waals surface area contributed by atoms with Crippen molar-refractivity contribution in [3.8, 4) is 0 Å². The van der Waals surface area contributed by atoms with Crippen LogP contribution in [-0.4, -0.2) is 36.1 Å². The minimum absolute atomic E-state index is 0.0940. The second kappa shape index (κ2) is 4.87. The summed E-state index contributed by atoms with van der Waals surface area (Å²) in [5.74, 6) is 0.393. The molecule has 1 N–H and O–H groups in total. The van der Waals surface area contributed by atoms with Gasteiger partial charge < -0.3 is 14.6 Å². The first-order valence-corrected chi connectivity index (χ1v) is 7.23. The van der Waals surface area contributed by atoms with E-state index < -0.39 is 0 Å². The predicted octanol–water partition coefficient (Wildman–Crippen LogP) is 2.27. The van der Waals surface area contributed by atoms with Crippen molar-refractivity contribution in [2.45, 2.75) is 69.2 Å². The highest BCUT2D eigenvalue weighted by Gasteiger charge is 2.43. The van der Waals surface area contributed by atoms with E-state index in [9.17, 15) is 5.11 Å². The van der Waals surface area contributed by atoms with Gasteiger partial charge in [0, 0.05) is 13.2 Å². The Morgan fingerprint density at radius 3 is 2.59 bits per heavy atom. The fraction of sp³-hybridized carbons (Fsp3) is 1.00. The van der Waals surface area contributed by atoms with Crippen LogP contribution >= 0.6 is 0 Å². The smallest absolute Gasteiger partial charge is 0.0837 e. The molecule has 3 rings (SSSR count). The largest absolute Gasteiger partial charge is 0.390 e. The zero-order valence-corrected chi connectivity index (χ0v) is 10.6. The molecule has 17 heavy (non-hydrogen) atoms. The van der Waals surface area contributed by atoms with Crippen molar-refractivity contribution in [3.05, 3.63) is 0 Å². The van der Waals surface area contributed by atoms with E-state index in [1.807, 2.05) is 0 Å². The molecule has 1 aliphatic carbocycles. The van der Waals surface area contributed by atoms with E-state index in [1.54, 1.807) is 0 Å². The highest BCUT2D eigenvalue weighted by molar-refractivity contribution is 4.94. The van der Waals surface area contributed by atoms with Crippen molar-refractivity contribution in [3.63, 3.8) is 0 Å². The van der Waals surface area contributed by atoms with Crippen LogP contribution in [0.25, 0.3) is 0 Å². The molecule has 0 aromatic heterocycles. The number of hydrogen-bond acceptors (Lipinski definition) is 3. The Hall–Kier alpha value is -0.120. The molecule has 0 amide bonds. The fourth-order valence-corrected chi connectivity index (χ4v) is 3.90. The lowest BCUT2D eigenvalue weighted by Gasteiger charge is -2.41. The molecular weight excluding hydrogens is 216 g/mol. The van der Waals surface area contributed by atoms with Crippen molar-refractivity contribution >= 4 is 0 Å². The molecule has 2 aliphatic heterocycles. The molecular formula is C14H24O3. The molecule has 3 aliphatic rings. The van der Waals surface area contributed by atoms with Crippen molar-refractivity contribution in [2.24, 2.45) is 5.92 Å². The Labute approximate surface area is 103 Å². The van der Waals surface area contributed by atoms with Crippen LogP contribution in [0.15, 0.2) is 0 Å². The SMILES string of the molecule is OC(C1CCOC2(CCCC2)C1)C1CCCO1. The van der Waals surface area contributed by atoms with E-state index >= 15 is 0 Å². The summed E-state index contributed by atoms with van der Waals surface area (Å²) >= 11 is 0. The first-order valence-electron chi connectivity index (χ1n) is 7.23. The average molecular weight is 240 g/mol. The van der Waals surface area contributed by atoms with Crippen LogP contribution in [0.2, 0.25) is 0 Å². The summed E-state index contributed by atoms with van der Waals surface area (Å²) in [5.41, 5.74) is 0.114. The molecule has 3 atom stereocenters. The van der Waals surface area contributed by atoms with E-state index in [0.29, 0.717) is 5.92 Å². The second-order valence-electron chi connectivity index (χ2n) is 6.03. The second-order valence-corrected chi connectivity index (χ2v) is 6.03. The number of aliphatic hydroxyl groups excluding tert-OH is 1. The molecule has 2 saturated heterocycles. The van der Waals surface area contributed by atoms with Gasteiger partial charge in [0.25, 0.3) is 0 Å². The van der Waals surface area contributed by atoms with Gasteiger partial charge in [0.05, 0.1) is 17.8 Å². The summed E-state index contributed by atoms with van der Waals surface area (Å²) in [6.07, 6.45) is 9.00. The summed E-state index contributed by atoms with van der Waals surface area (Å²) in [6.45, 7) is 1.66. The lowest BCUT2D eigenvalue weighted by Crippen LogP contribution is -2.44. The average Bonchev–Trinajstić information content (AvgIpc) is 3.00. The third-order valence-corrected chi connectivity index (χ3v) is 4.87. The zero-order valence-electron chi connectivity index (χ0n) is 10.6. The van der Waals surface area contributed by atoms with E-state index in [0.717, 1.165) is 38.9 Å². The standard InChI is InChI=1S/C14H24O3/c15-13(12-4-3-8-16-12)11-5-9-17-14(10-11)6-1-2-7-14/h11-13,15H,1-10H2. The first kappa shape index (κ1) is 11.9. The summed E-state index contributed by atoms with van der Waals surface area (Å²) in [7, 11) is 0. The molecule has 3 fully saturated rings. The summed E-state index contributed by atoms with van der Waals surface area (Å²) in [6, 6.07) is 0. The fourth-order valence-electron chi connectivity index (χ4n) is 3.90. The molecule has 3 nitrogen and oxygen atoms in total. The van der Waals surface area contributed by atoms with Gasteiger partial charge in [0.15, 0.2) is 0 Å². The number of aliphatic hydroxyl groups is 1. The molecule has 1 saturated carbocycles. The molecule has 3 unspecified atom stereocenters. The van der Waals surface area contributed by atoms with Gasteiger partial charge >= 0.3 is 0 Å². The highest BCUT2D eigenvalue weighted by Crippen LogP contribution is 2.43. The number of ether oxygens (including phenoxy) is 2. The van der Waals surface area contributed by atoms with Gasteiger partial charge in [-0.1, -0.05) is 12.8 Å². The van der Waals surface area contributed by atoms with Crippen molar-refractivity contribution in [1.82, 2.24) is 0 Å². The Balaban J connectivity index is 1.62. The van der Waals surface area contributed by atoms with Crippen LogP contribution < -0.4 is 0 Å². The molecule has 0 aromatic carbocycles. The minimum atomic E-state index is -0.265. The molecule has 98 valence electrons. The van der Waals surface area contributed by atoms with Gasteiger partial charge in [0.1, 0.15) is 0 Å². The first-order chi connectivity index (χ1) is 8.29. The van der Waals surface area contributed by atoms with Crippen LogP contribution in [0.4, 0.5) is 0 Å². The highest BCUT2D eigenvalue weighted by atomic mass is 16.5. The van der Waals surface area contributed by atoms with Crippen LogP contribution in [0.3, 0.4) is 0 Å². The van der Waals surface area contributed by atoms with Crippen molar-refractivity contribution in [2.75, 3.05) is 13.2 Å². The summed E-state index contributed by atoms with van der Waals surface area (Å²) in [5, 5.41) is 10.4. The van der Waals surface area contributed by atoms with Crippen molar-refractivity contribution < 1.29 is 14.6 Å². The Morgan fingerprint density at radius 2 is 1.88 bits per heavy atom. The maximum atomic E-state index is 10.4. The third-order valence-electron chi connectivity index (χ3n) is 4.87. The topological polar surface area (TPSA) is 38.7 Å². The van der Waals surface area contributed by atoms with Crippen LogP contribution in [0, 0.1) is 5.92 Å². The van der Waals surface area contributed by atoms with Crippen LogP contribution in [-0.2, 0) is 9.47 Å². The quantitative estimate of drug-likeness (QED) is 0.804. The normalized spacial score (nSPS) is 38.6. The van der Waals surface area contributed by atoms with E-state index in [4.69, 9.17) is 9.47 Å². The monoisotopic (exact) mass is 240 g/mol. The minimum Gasteiger partial charge on any atom is -0.390 e. The van der Waals surface area contributed by atoms with Crippen LogP contribution in [0.5, 0.6) is 0 Å². The molecule has 0 radical (unpaired) electrons. The lowest BCUT2D eigenvalue weighted by atomic mass is 9.80. The maximum Gasteiger partial charge on any atom is 0.0837 e. The molecule has 0 aromatic rings. The maximum absolute atomic E-state index is 10.4. The summed E-state index contributed by atoms with van der Waals surface area (Å²) in [4.78, 5) is 0. The van der Waals surface area contributed by atoms with Crippen LogP contribution in [0.1, 0.15) is 51.4 Å². The van der Waals surface area contributed by atoms with Gasteiger partial charge in [0.2, 0.25) is 0 Å². The third kappa shape index (κ3) is 2.38. The van der Waals surface area contributed by atoms with Gasteiger partial charge in [-0.05, 0) is 44.4 Å². The molecule has 2 heterocycles. The van der Waals surface area contributed by atoms with E-state index in [2.05, 4.69) is 0 Å². The summed E-state index contributed by atoms with van der Waals surface area (Å²) < 4.78 is 11.6. The van der Waals surface area contributed by atoms with E-state index in [-0.39, 0.29) is 17.8 Å². The Morgan fingerprint density at radius 1 is 1.06 bits per heavy atom. The Kier molecular flexibility index (Phi) is 3.42. The molecule has 1 spiro atoms. The molecule has 3 heteroatoms.